The molecule has 152 valence electrons. The molecule has 1 saturated carbocycles. The van der Waals surface area contributed by atoms with Gasteiger partial charge in [-0.3, -0.25) is 0 Å². The van der Waals surface area contributed by atoms with Crippen molar-refractivity contribution < 1.29 is 0 Å². The van der Waals surface area contributed by atoms with Gasteiger partial charge in [0.2, 0.25) is 0 Å². The van der Waals surface area contributed by atoms with Crippen LogP contribution in [0.15, 0.2) is 46.0 Å². The molecule has 2 atom stereocenters. The van der Waals surface area contributed by atoms with Gasteiger partial charge in [0.05, 0.1) is 9.21 Å². The number of nitrogens with zero attached hydrogens (tertiary/aromatic N) is 4. The highest BCUT2D eigenvalue weighted by Gasteiger charge is 2.60. The zero-order valence-corrected chi connectivity index (χ0v) is 20.1. The number of piperidine rings is 1. The molecule has 29 heavy (non-hydrogen) atoms. The number of rotatable bonds is 7. The predicted molar refractivity (Wildman–Crippen MR) is 125 cm³/mol. The zero-order valence-electron chi connectivity index (χ0n) is 16.1. The van der Waals surface area contributed by atoms with Gasteiger partial charge in [0, 0.05) is 35.8 Å². The Morgan fingerprint density at radius 2 is 2.07 bits per heavy atom. The number of likely N-dealkylation sites (tertiary alicyclic amines) is 1. The van der Waals surface area contributed by atoms with Crippen molar-refractivity contribution in [2.45, 2.75) is 23.4 Å². The first-order chi connectivity index (χ1) is 14.0. The van der Waals surface area contributed by atoms with Crippen LogP contribution in [-0.2, 0) is 12.5 Å². The molecular formula is C21H22BrClN4S2. The molecule has 8 heteroatoms. The number of thiophene rings is 1. The third-order valence-electron chi connectivity index (χ3n) is 6.11. The van der Waals surface area contributed by atoms with Gasteiger partial charge in [0.15, 0.2) is 11.0 Å². The highest BCUT2D eigenvalue weighted by molar-refractivity contribution is 9.10. The van der Waals surface area contributed by atoms with E-state index in [0.717, 1.165) is 42.9 Å². The van der Waals surface area contributed by atoms with Crippen LogP contribution in [-0.4, -0.2) is 45.1 Å². The third-order valence-corrected chi connectivity index (χ3v) is 8.98. The Labute approximate surface area is 192 Å². The summed E-state index contributed by atoms with van der Waals surface area (Å²) >= 11 is 12.9. The van der Waals surface area contributed by atoms with Crippen molar-refractivity contribution in [1.29, 1.82) is 0 Å². The van der Waals surface area contributed by atoms with Crippen molar-refractivity contribution in [3.05, 3.63) is 50.8 Å². The fourth-order valence-corrected chi connectivity index (χ4v) is 6.69. The average molecular weight is 510 g/mol. The SMILES string of the molecule is Cn1c(SCCCN2C[C@@H]3C[C@]3(c3ccc(Br)cc3)C2)nnc1-c1ccc(Cl)s1. The minimum atomic E-state index is 0.425. The molecule has 1 saturated heterocycles. The second-order valence-corrected chi connectivity index (χ2v) is 11.7. The lowest BCUT2D eigenvalue weighted by Crippen LogP contribution is -2.27. The second kappa shape index (κ2) is 8.00. The molecule has 3 aromatic rings. The molecule has 0 radical (unpaired) electrons. The molecule has 1 aromatic carbocycles. The molecular weight excluding hydrogens is 488 g/mol. The van der Waals surface area contributed by atoms with Crippen molar-refractivity contribution in [3.63, 3.8) is 0 Å². The summed E-state index contributed by atoms with van der Waals surface area (Å²) in [6.07, 6.45) is 2.52. The van der Waals surface area contributed by atoms with E-state index in [1.165, 1.54) is 42.8 Å². The van der Waals surface area contributed by atoms with E-state index in [0.29, 0.717) is 5.41 Å². The second-order valence-electron chi connectivity index (χ2n) is 7.97. The maximum atomic E-state index is 6.05. The lowest BCUT2D eigenvalue weighted by molar-refractivity contribution is 0.299. The zero-order chi connectivity index (χ0) is 20.0. The van der Waals surface area contributed by atoms with E-state index in [1.54, 1.807) is 11.8 Å². The van der Waals surface area contributed by atoms with Crippen LogP contribution in [0.3, 0.4) is 0 Å². The molecule has 0 bridgehead atoms. The van der Waals surface area contributed by atoms with Crippen LogP contribution >= 0.6 is 50.6 Å². The molecule has 2 aliphatic rings. The van der Waals surface area contributed by atoms with Crippen LogP contribution in [0.25, 0.3) is 10.7 Å². The van der Waals surface area contributed by atoms with Gasteiger partial charge in [-0.15, -0.1) is 21.5 Å². The fraction of sp³-hybridized carbons (Fsp3) is 0.429. The van der Waals surface area contributed by atoms with Gasteiger partial charge in [-0.1, -0.05) is 51.4 Å². The Morgan fingerprint density at radius 3 is 2.83 bits per heavy atom. The summed E-state index contributed by atoms with van der Waals surface area (Å²) in [5.74, 6) is 2.79. The van der Waals surface area contributed by atoms with Gasteiger partial charge >= 0.3 is 0 Å². The molecule has 3 heterocycles. The maximum Gasteiger partial charge on any atom is 0.191 e. The lowest BCUT2D eigenvalue weighted by atomic mass is 9.95. The summed E-state index contributed by atoms with van der Waals surface area (Å²) in [4.78, 5) is 3.71. The van der Waals surface area contributed by atoms with E-state index in [2.05, 4.69) is 59.9 Å². The van der Waals surface area contributed by atoms with Crippen molar-refractivity contribution in [2.75, 3.05) is 25.4 Å². The number of halogens is 2. The Morgan fingerprint density at radius 1 is 1.24 bits per heavy atom. The van der Waals surface area contributed by atoms with Gasteiger partial charge in [-0.2, -0.15) is 0 Å². The van der Waals surface area contributed by atoms with Gasteiger partial charge < -0.3 is 9.47 Å². The Bertz CT molecular complexity index is 1020. The van der Waals surface area contributed by atoms with Crippen LogP contribution < -0.4 is 0 Å². The summed E-state index contributed by atoms with van der Waals surface area (Å²) in [5, 5.41) is 9.69. The van der Waals surface area contributed by atoms with Gasteiger partial charge in [0.25, 0.3) is 0 Å². The van der Waals surface area contributed by atoms with Crippen LogP contribution in [0.5, 0.6) is 0 Å². The number of aromatic nitrogens is 3. The first-order valence-corrected chi connectivity index (χ1v) is 12.8. The van der Waals surface area contributed by atoms with E-state index < -0.39 is 0 Å². The maximum absolute atomic E-state index is 6.05. The molecule has 1 aliphatic heterocycles. The smallest absolute Gasteiger partial charge is 0.191 e. The Kier molecular flexibility index (Phi) is 5.54. The largest absolute Gasteiger partial charge is 0.305 e. The fourth-order valence-electron chi connectivity index (χ4n) is 4.53. The summed E-state index contributed by atoms with van der Waals surface area (Å²) in [6, 6.07) is 12.9. The first kappa shape index (κ1) is 20.1. The number of hydrogen-bond acceptors (Lipinski definition) is 5. The molecule has 1 aliphatic carbocycles. The summed E-state index contributed by atoms with van der Waals surface area (Å²) in [7, 11) is 2.03. The summed E-state index contributed by atoms with van der Waals surface area (Å²) < 4.78 is 4.01. The third kappa shape index (κ3) is 3.92. The molecule has 2 aromatic heterocycles. The van der Waals surface area contributed by atoms with Crippen molar-refractivity contribution in [1.82, 2.24) is 19.7 Å². The van der Waals surface area contributed by atoms with E-state index in [-0.39, 0.29) is 0 Å². The number of hydrogen-bond donors (Lipinski definition) is 0. The van der Waals surface area contributed by atoms with E-state index >= 15 is 0 Å². The molecule has 2 fully saturated rings. The molecule has 5 rings (SSSR count). The topological polar surface area (TPSA) is 34.0 Å². The first-order valence-electron chi connectivity index (χ1n) is 9.81. The number of thioether (sulfide) groups is 1. The summed E-state index contributed by atoms with van der Waals surface area (Å²) in [5.41, 5.74) is 1.94. The van der Waals surface area contributed by atoms with Gasteiger partial charge in [-0.05, 0) is 55.1 Å². The van der Waals surface area contributed by atoms with Crippen molar-refractivity contribution in [2.24, 2.45) is 13.0 Å². The molecule has 0 spiro atoms. The van der Waals surface area contributed by atoms with Crippen molar-refractivity contribution >= 4 is 50.6 Å². The van der Waals surface area contributed by atoms with Crippen LogP contribution in [0.1, 0.15) is 18.4 Å². The Hall–Kier alpha value is -0.860. The Balaban J connectivity index is 1.12. The molecule has 0 N–H and O–H groups in total. The minimum absolute atomic E-state index is 0.425. The standard InChI is InChI=1S/C21H22BrClN4S2/c1-26-19(17-7-8-18(23)29-17)24-25-20(26)28-10-2-9-27-12-15-11-21(15,13-27)14-3-5-16(22)6-4-14/h3-8,15H,2,9-13H2,1H3/t15-,21+/m0/s1. The number of benzene rings is 1. The van der Waals surface area contributed by atoms with Crippen LogP contribution in [0.2, 0.25) is 4.34 Å². The molecule has 4 nitrogen and oxygen atoms in total. The van der Waals surface area contributed by atoms with E-state index in [9.17, 15) is 0 Å². The van der Waals surface area contributed by atoms with E-state index in [4.69, 9.17) is 11.6 Å². The monoisotopic (exact) mass is 508 g/mol. The lowest BCUT2D eigenvalue weighted by Gasteiger charge is -2.21. The predicted octanol–water partition coefficient (Wildman–Crippen LogP) is 5.72. The summed E-state index contributed by atoms with van der Waals surface area (Å²) in [6.45, 7) is 3.61. The minimum Gasteiger partial charge on any atom is -0.305 e. The highest BCUT2D eigenvalue weighted by Crippen LogP contribution is 2.59. The van der Waals surface area contributed by atoms with Crippen LogP contribution in [0.4, 0.5) is 0 Å². The van der Waals surface area contributed by atoms with Crippen LogP contribution in [0, 0.1) is 5.92 Å². The average Bonchev–Trinajstić information content (AvgIpc) is 3.03. The molecule has 0 amide bonds. The van der Waals surface area contributed by atoms with Gasteiger partial charge in [0.1, 0.15) is 0 Å². The van der Waals surface area contributed by atoms with E-state index in [1.807, 2.05) is 19.2 Å². The normalized spacial score (nSPS) is 23.5. The quantitative estimate of drug-likeness (QED) is 0.301. The highest BCUT2D eigenvalue weighted by atomic mass is 79.9. The molecule has 0 unspecified atom stereocenters. The van der Waals surface area contributed by atoms with Gasteiger partial charge in [-0.25, -0.2) is 0 Å². The van der Waals surface area contributed by atoms with Crippen molar-refractivity contribution in [3.8, 4) is 10.7 Å². The number of fused-ring (bicyclic) bond motifs is 1.